The number of Topliss-reactive ketones (excluding diaryl/α,β-unsaturated/α-hetero) is 1. The molecule has 56 valence electrons. The monoisotopic (exact) mass is 147 g/mol. The van der Waals surface area contributed by atoms with E-state index in [1.54, 1.807) is 18.5 Å². The van der Waals surface area contributed by atoms with Crippen molar-refractivity contribution < 1.29 is 4.79 Å². The van der Waals surface area contributed by atoms with Crippen molar-refractivity contribution in [2.24, 2.45) is 0 Å². The number of hydrogen-bond donors (Lipinski definition) is 0. The van der Waals surface area contributed by atoms with Crippen LogP contribution in [0.15, 0.2) is 31.1 Å². The molecule has 0 bridgehead atoms. The average Bonchev–Trinajstić information content (AvgIpc) is 2.05. The molecular weight excluding hydrogens is 138 g/mol. The van der Waals surface area contributed by atoms with Crippen LogP contribution in [0, 0.1) is 0 Å². The molecule has 1 rings (SSSR count). The van der Waals surface area contributed by atoms with Crippen LogP contribution < -0.4 is 0 Å². The van der Waals surface area contributed by atoms with Crippen molar-refractivity contribution in [1.29, 1.82) is 0 Å². The third-order valence-electron chi connectivity index (χ3n) is 1.43. The zero-order chi connectivity index (χ0) is 8.27. The molecule has 0 unspecified atom stereocenters. The first-order valence-electron chi connectivity index (χ1n) is 3.32. The molecule has 0 saturated carbocycles. The van der Waals surface area contributed by atoms with Gasteiger partial charge in [0.25, 0.3) is 0 Å². The standard InChI is InChI=1S/C9H9NO/c1-7(8(2)11)9-4-3-5-10-6-9/h3-6H,1H2,2H3. The number of aromatic nitrogens is 1. The highest BCUT2D eigenvalue weighted by molar-refractivity contribution is 6.18. The van der Waals surface area contributed by atoms with Gasteiger partial charge in [0.05, 0.1) is 0 Å². The quantitative estimate of drug-likeness (QED) is 0.596. The lowest BCUT2D eigenvalue weighted by molar-refractivity contribution is -0.111. The van der Waals surface area contributed by atoms with Gasteiger partial charge in [0.2, 0.25) is 0 Å². The molecule has 0 aliphatic heterocycles. The lowest BCUT2D eigenvalue weighted by atomic mass is 10.1. The summed E-state index contributed by atoms with van der Waals surface area (Å²) in [4.78, 5) is 14.7. The molecule has 2 heteroatoms. The fourth-order valence-corrected chi connectivity index (χ4v) is 0.745. The number of ketones is 1. The zero-order valence-electron chi connectivity index (χ0n) is 6.37. The van der Waals surface area contributed by atoms with Crippen molar-refractivity contribution in [3.8, 4) is 0 Å². The minimum atomic E-state index is -0.0157. The Morgan fingerprint density at radius 1 is 1.64 bits per heavy atom. The molecule has 0 aliphatic rings. The molecule has 0 aromatic carbocycles. The molecule has 0 N–H and O–H groups in total. The van der Waals surface area contributed by atoms with E-state index in [-0.39, 0.29) is 5.78 Å². The van der Waals surface area contributed by atoms with E-state index in [2.05, 4.69) is 11.6 Å². The van der Waals surface area contributed by atoms with Crippen LogP contribution in [0.5, 0.6) is 0 Å². The molecular formula is C9H9NO. The number of pyridine rings is 1. The van der Waals surface area contributed by atoms with Crippen molar-refractivity contribution in [2.75, 3.05) is 0 Å². The zero-order valence-corrected chi connectivity index (χ0v) is 6.37. The maximum Gasteiger partial charge on any atom is 0.159 e. The normalized spacial score (nSPS) is 9.18. The SMILES string of the molecule is C=C(C(C)=O)c1cccnc1. The van der Waals surface area contributed by atoms with Gasteiger partial charge in [-0.2, -0.15) is 0 Å². The molecule has 0 fully saturated rings. The molecule has 0 radical (unpaired) electrons. The number of hydrogen-bond acceptors (Lipinski definition) is 2. The molecule has 0 amide bonds. The number of carbonyl (C=O) groups excluding carboxylic acids is 1. The van der Waals surface area contributed by atoms with Crippen LogP contribution in [0.2, 0.25) is 0 Å². The number of carbonyl (C=O) groups is 1. The Bertz CT molecular complexity index is 277. The minimum Gasteiger partial charge on any atom is -0.295 e. The molecule has 0 aliphatic carbocycles. The summed E-state index contributed by atoms with van der Waals surface area (Å²) in [6, 6.07) is 3.60. The van der Waals surface area contributed by atoms with Crippen LogP contribution in [0.4, 0.5) is 0 Å². The number of allylic oxidation sites excluding steroid dienone is 1. The summed E-state index contributed by atoms with van der Waals surface area (Å²) in [6.45, 7) is 5.13. The molecule has 1 aromatic heterocycles. The van der Waals surface area contributed by atoms with Gasteiger partial charge < -0.3 is 0 Å². The minimum absolute atomic E-state index is 0.0157. The Morgan fingerprint density at radius 2 is 2.36 bits per heavy atom. The summed E-state index contributed by atoms with van der Waals surface area (Å²) in [7, 11) is 0. The fourth-order valence-electron chi connectivity index (χ4n) is 0.745. The van der Waals surface area contributed by atoms with E-state index in [9.17, 15) is 4.79 Å². The smallest absolute Gasteiger partial charge is 0.159 e. The van der Waals surface area contributed by atoms with E-state index in [1.165, 1.54) is 6.92 Å². The summed E-state index contributed by atoms with van der Waals surface area (Å²) in [5, 5.41) is 0. The second-order valence-electron chi connectivity index (χ2n) is 2.28. The molecule has 11 heavy (non-hydrogen) atoms. The van der Waals surface area contributed by atoms with E-state index < -0.39 is 0 Å². The summed E-state index contributed by atoms with van der Waals surface area (Å²) in [6.07, 6.45) is 3.29. The Balaban J connectivity index is 2.95. The highest BCUT2D eigenvalue weighted by atomic mass is 16.1. The lowest BCUT2D eigenvalue weighted by Gasteiger charge is -1.98. The first kappa shape index (κ1) is 7.66. The van der Waals surface area contributed by atoms with Crippen LogP contribution in [0.3, 0.4) is 0 Å². The Morgan fingerprint density at radius 3 is 2.82 bits per heavy atom. The van der Waals surface area contributed by atoms with Gasteiger partial charge >= 0.3 is 0 Å². The molecule has 0 spiro atoms. The Kier molecular flexibility index (Phi) is 2.16. The Labute approximate surface area is 65.6 Å². The lowest BCUT2D eigenvalue weighted by Crippen LogP contribution is -1.93. The first-order valence-corrected chi connectivity index (χ1v) is 3.32. The fraction of sp³-hybridized carbons (Fsp3) is 0.111. The highest BCUT2D eigenvalue weighted by Gasteiger charge is 2.01. The van der Waals surface area contributed by atoms with Gasteiger partial charge in [-0.1, -0.05) is 12.6 Å². The van der Waals surface area contributed by atoms with E-state index in [1.807, 2.05) is 6.07 Å². The van der Waals surface area contributed by atoms with Gasteiger partial charge in [-0.3, -0.25) is 9.78 Å². The molecule has 0 saturated heterocycles. The number of nitrogens with zero attached hydrogens (tertiary/aromatic N) is 1. The van der Waals surface area contributed by atoms with Gasteiger partial charge in [-0.25, -0.2) is 0 Å². The van der Waals surface area contributed by atoms with Gasteiger partial charge in [0, 0.05) is 23.5 Å². The van der Waals surface area contributed by atoms with Gasteiger partial charge in [0.15, 0.2) is 5.78 Å². The summed E-state index contributed by atoms with van der Waals surface area (Å²) < 4.78 is 0. The summed E-state index contributed by atoms with van der Waals surface area (Å²) >= 11 is 0. The second kappa shape index (κ2) is 3.10. The van der Waals surface area contributed by atoms with E-state index in [0.29, 0.717) is 5.57 Å². The molecule has 0 atom stereocenters. The van der Waals surface area contributed by atoms with Gasteiger partial charge in [-0.05, 0) is 13.0 Å². The van der Waals surface area contributed by atoms with Crippen LogP contribution in [-0.4, -0.2) is 10.8 Å². The van der Waals surface area contributed by atoms with E-state index in [0.717, 1.165) is 5.56 Å². The maximum absolute atomic E-state index is 10.8. The van der Waals surface area contributed by atoms with Gasteiger partial charge in [-0.15, -0.1) is 0 Å². The largest absolute Gasteiger partial charge is 0.295 e. The highest BCUT2D eigenvalue weighted by Crippen LogP contribution is 2.10. The molecule has 1 aromatic rings. The topological polar surface area (TPSA) is 30.0 Å². The van der Waals surface area contributed by atoms with E-state index >= 15 is 0 Å². The Hall–Kier alpha value is -1.44. The van der Waals surface area contributed by atoms with Crippen LogP contribution in [-0.2, 0) is 4.79 Å². The third-order valence-corrected chi connectivity index (χ3v) is 1.43. The van der Waals surface area contributed by atoms with Crippen molar-refractivity contribution in [1.82, 2.24) is 4.98 Å². The molecule has 2 nitrogen and oxygen atoms in total. The predicted octanol–water partition coefficient (Wildman–Crippen LogP) is 1.68. The average molecular weight is 147 g/mol. The summed E-state index contributed by atoms with van der Waals surface area (Å²) in [5.74, 6) is -0.0157. The van der Waals surface area contributed by atoms with Crippen molar-refractivity contribution in [3.63, 3.8) is 0 Å². The third kappa shape index (κ3) is 1.74. The molecule has 1 heterocycles. The first-order chi connectivity index (χ1) is 5.22. The summed E-state index contributed by atoms with van der Waals surface area (Å²) in [5.41, 5.74) is 1.30. The second-order valence-corrected chi connectivity index (χ2v) is 2.28. The van der Waals surface area contributed by atoms with E-state index in [4.69, 9.17) is 0 Å². The van der Waals surface area contributed by atoms with Crippen molar-refractivity contribution >= 4 is 11.4 Å². The van der Waals surface area contributed by atoms with Crippen LogP contribution in [0.25, 0.3) is 5.57 Å². The predicted molar refractivity (Wildman–Crippen MR) is 44.0 cm³/mol. The maximum atomic E-state index is 10.8. The van der Waals surface area contributed by atoms with Gasteiger partial charge in [0.1, 0.15) is 0 Å². The van der Waals surface area contributed by atoms with Crippen LogP contribution >= 0.6 is 0 Å². The number of rotatable bonds is 2. The van der Waals surface area contributed by atoms with Crippen LogP contribution in [0.1, 0.15) is 12.5 Å². The van der Waals surface area contributed by atoms with Crippen molar-refractivity contribution in [2.45, 2.75) is 6.92 Å². The van der Waals surface area contributed by atoms with Crippen molar-refractivity contribution in [3.05, 3.63) is 36.7 Å².